The lowest BCUT2D eigenvalue weighted by Crippen LogP contribution is -2.48. The monoisotopic (exact) mass is 452 g/mol. The van der Waals surface area contributed by atoms with E-state index in [9.17, 15) is 14.4 Å². The summed E-state index contributed by atoms with van der Waals surface area (Å²) < 4.78 is 1.55. The SMILES string of the molecule is C[C@]1(c2ccccc2)NC(=O)N(NC(=O)c2nc(-c3ccccc3)n(-c3ccccc3)n2)C1=O. The number of imide groups is 1. The van der Waals surface area contributed by atoms with Crippen LogP contribution in [0, 0.1) is 0 Å². The van der Waals surface area contributed by atoms with Crippen LogP contribution in [0.15, 0.2) is 91.0 Å². The lowest BCUT2D eigenvalue weighted by atomic mass is 9.92. The van der Waals surface area contributed by atoms with Crippen LogP contribution < -0.4 is 10.7 Å². The van der Waals surface area contributed by atoms with E-state index in [1.165, 1.54) is 0 Å². The van der Waals surface area contributed by atoms with Gasteiger partial charge in [-0.2, -0.15) is 5.01 Å². The molecule has 2 N–H and O–H groups in total. The largest absolute Gasteiger partial charge is 0.344 e. The number of hydrazine groups is 1. The van der Waals surface area contributed by atoms with Crippen LogP contribution in [0.3, 0.4) is 0 Å². The van der Waals surface area contributed by atoms with Gasteiger partial charge in [-0.15, -0.1) is 5.10 Å². The zero-order chi connectivity index (χ0) is 23.7. The maximum Gasteiger partial charge on any atom is 0.344 e. The number of amides is 4. The highest BCUT2D eigenvalue weighted by Crippen LogP contribution is 2.28. The molecule has 4 aromatic rings. The van der Waals surface area contributed by atoms with Gasteiger partial charge in [-0.1, -0.05) is 78.9 Å². The van der Waals surface area contributed by atoms with Crippen molar-refractivity contribution in [2.24, 2.45) is 0 Å². The van der Waals surface area contributed by atoms with Crippen molar-refractivity contribution in [1.29, 1.82) is 0 Å². The predicted molar refractivity (Wildman–Crippen MR) is 123 cm³/mol. The first-order valence-corrected chi connectivity index (χ1v) is 10.6. The van der Waals surface area contributed by atoms with Crippen LogP contribution in [0.2, 0.25) is 0 Å². The molecule has 1 atom stereocenters. The van der Waals surface area contributed by atoms with E-state index in [4.69, 9.17) is 0 Å². The molecule has 0 saturated carbocycles. The van der Waals surface area contributed by atoms with E-state index in [2.05, 4.69) is 20.8 Å². The Morgan fingerprint density at radius 2 is 1.47 bits per heavy atom. The topological polar surface area (TPSA) is 109 Å². The quantitative estimate of drug-likeness (QED) is 0.453. The molecule has 1 aromatic heterocycles. The van der Waals surface area contributed by atoms with Crippen LogP contribution in [0.1, 0.15) is 23.1 Å². The molecule has 0 radical (unpaired) electrons. The highest BCUT2D eigenvalue weighted by atomic mass is 16.2. The molecule has 0 aliphatic carbocycles. The average Bonchev–Trinajstić information content (AvgIpc) is 3.42. The molecule has 2 heterocycles. The van der Waals surface area contributed by atoms with E-state index in [1.807, 2.05) is 66.7 Å². The van der Waals surface area contributed by atoms with E-state index < -0.39 is 23.4 Å². The van der Waals surface area contributed by atoms with Crippen molar-refractivity contribution in [3.63, 3.8) is 0 Å². The number of urea groups is 1. The van der Waals surface area contributed by atoms with E-state index in [1.54, 1.807) is 35.9 Å². The Kier molecular flexibility index (Phi) is 5.14. The second-order valence-corrected chi connectivity index (χ2v) is 7.88. The van der Waals surface area contributed by atoms with Crippen LogP contribution in [-0.2, 0) is 10.3 Å². The van der Waals surface area contributed by atoms with E-state index >= 15 is 0 Å². The second kappa shape index (κ2) is 8.28. The normalized spacial score (nSPS) is 17.5. The summed E-state index contributed by atoms with van der Waals surface area (Å²) in [5.74, 6) is -1.13. The standard InChI is InChI=1S/C25H20N6O3/c1-25(18-13-7-3-8-14-18)23(33)31(24(34)27-25)29-22(32)20-26-21(17-11-5-2-6-12-17)30(28-20)19-15-9-4-10-16-19/h2-16H,1H3,(H,27,34)(H,29,32)/t25-/m1/s1. The molecule has 4 amide bonds. The Labute approximate surface area is 195 Å². The van der Waals surface area contributed by atoms with Crippen molar-refractivity contribution < 1.29 is 14.4 Å². The molecule has 3 aromatic carbocycles. The molecule has 0 bridgehead atoms. The Balaban J connectivity index is 1.46. The zero-order valence-electron chi connectivity index (χ0n) is 18.2. The van der Waals surface area contributed by atoms with Crippen LogP contribution in [0.5, 0.6) is 0 Å². The summed E-state index contributed by atoms with van der Waals surface area (Å²) >= 11 is 0. The molecule has 0 unspecified atom stereocenters. The van der Waals surface area contributed by atoms with Crippen molar-refractivity contribution in [2.45, 2.75) is 12.5 Å². The third-order valence-electron chi connectivity index (χ3n) is 5.60. The van der Waals surface area contributed by atoms with Gasteiger partial charge in [-0.05, 0) is 24.6 Å². The molecule has 1 aliphatic heterocycles. The number of nitrogens with zero attached hydrogens (tertiary/aromatic N) is 4. The minimum Gasteiger partial charge on any atom is -0.318 e. The molecular weight excluding hydrogens is 432 g/mol. The number of nitrogens with one attached hydrogen (secondary N) is 2. The van der Waals surface area contributed by atoms with Gasteiger partial charge in [-0.25, -0.2) is 19.9 Å². The molecule has 1 saturated heterocycles. The highest BCUT2D eigenvalue weighted by molar-refractivity contribution is 6.09. The molecule has 9 nitrogen and oxygen atoms in total. The maximum atomic E-state index is 13.1. The number of rotatable bonds is 5. The van der Waals surface area contributed by atoms with Crippen molar-refractivity contribution in [1.82, 2.24) is 30.5 Å². The first-order valence-electron chi connectivity index (χ1n) is 10.6. The Bertz CT molecular complexity index is 1310. The molecule has 9 heteroatoms. The smallest absolute Gasteiger partial charge is 0.318 e. The summed E-state index contributed by atoms with van der Waals surface area (Å²) in [6, 6.07) is 26.6. The van der Waals surface area contributed by atoms with Crippen molar-refractivity contribution in [2.75, 3.05) is 0 Å². The predicted octanol–water partition coefficient (Wildman–Crippen LogP) is 3.05. The number of carbonyl (C=O) groups is 3. The number of carbonyl (C=O) groups excluding carboxylic acids is 3. The zero-order valence-corrected chi connectivity index (χ0v) is 18.2. The lowest BCUT2D eigenvalue weighted by molar-refractivity contribution is -0.132. The summed E-state index contributed by atoms with van der Waals surface area (Å²) in [5.41, 5.74) is 3.11. The van der Waals surface area contributed by atoms with Crippen molar-refractivity contribution >= 4 is 17.8 Å². The van der Waals surface area contributed by atoms with Gasteiger partial charge in [0.1, 0.15) is 5.54 Å². The maximum absolute atomic E-state index is 13.1. The van der Waals surface area contributed by atoms with Gasteiger partial charge in [0, 0.05) is 5.56 Å². The van der Waals surface area contributed by atoms with Crippen LogP contribution in [0.4, 0.5) is 4.79 Å². The second-order valence-electron chi connectivity index (χ2n) is 7.88. The Hall–Kier alpha value is -4.79. The van der Waals surface area contributed by atoms with Gasteiger partial charge in [-0.3, -0.25) is 9.59 Å². The van der Waals surface area contributed by atoms with E-state index in [0.717, 1.165) is 5.56 Å². The summed E-state index contributed by atoms with van der Waals surface area (Å²) in [7, 11) is 0. The third-order valence-corrected chi connectivity index (χ3v) is 5.60. The fourth-order valence-electron chi connectivity index (χ4n) is 3.79. The van der Waals surface area contributed by atoms with Crippen LogP contribution >= 0.6 is 0 Å². The fraction of sp³-hybridized carbons (Fsp3) is 0.0800. The molecule has 1 fully saturated rings. The molecular formula is C25H20N6O3. The minimum atomic E-state index is -1.31. The van der Waals surface area contributed by atoms with Gasteiger partial charge in [0.25, 0.3) is 5.91 Å². The summed E-state index contributed by atoms with van der Waals surface area (Å²) in [4.78, 5) is 43.1. The minimum absolute atomic E-state index is 0.184. The van der Waals surface area contributed by atoms with Gasteiger partial charge < -0.3 is 5.32 Å². The number of aromatic nitrogens is 3. The summed E-state index contributed by atoms with van der Waals surface area (Å²) in [6.07, 6.45) is 0. The molecule has 34 heavy (non-hydrogen) atoms. The van der Waals surface area contributed by atoms with Crippen LogP contribution in [0.25, 0.3) is 17.1 Å². The number of hydrogen-bond acceptors (Lipinski definition) is 5. The highest BCUT2D eigenvalue weighted by Gasteiger charge is 2.50. The molecule has 0 spiro atoms. The van der Waals surface area contributed by atoms with Crippen molar-refractivity contribution in [3.05, 3.63) is 102 Å². The number of para-hydroxylation sites is 1. The van der Waals surface area contributed by atoms with Gasteiger partial charge in [0.2, 0.25) is 5.82 Å². The van der Waals surface area contributed by atoms with E-state index in [0.29, 0.717) is 22.1 Å². The van der Waals surface area contributed by atoms with Gasteiger partial charge >= 0.3 is 11.9 Å². The number of benzene rings is 3. The first kappa shape index (κ1) is 21.1. The average molecular weight is 452 g/mol. The fourth-order valence-corrected chi connectivity index (χ4v) is 3.79. The molecule has 5 rings (SSSR count). The molecule has 1 aliphatic rings. The number of hydrogen-bond donors (Lipinski definition) is 2. The molecule has 168 valence electrons. The summed E-state index contributed by atoms with van der Waals surface area (Å²) in [6.45, 7) is 1.59. The Morgan fingerprint density at radius 3 is 2.12 bits per heavy atom. The van der Waals surface area contributed by atoms with E-state index in [-0.39, 0.29) is 5.82 Å². The summed E-state index contributed by atoms with van der Waals surface area (Å²) in [5, 5.41) is 7.68. The lowest BCUT2D eigenvalue weighted by Gasteiger charge is -2.21. The van der Waals surface area contributed by atoms with Gasteiger partial charge in [0.05, 0.1) is 5.69 Å². The Morgan fingerprint density at radius 1 is 0.882 bits per heavy atom. The van der Waals surface area contributed by atoms with Crippen molar-refractivity contribution in [3.8, 4) is 17.1 Å². The first-order chi connectivity index (χ1) is 16.5. The van der Waals surface area contributed by atoms with Crippen LogP contribution in [-0.4, -0.2) is 37.6 Å². The third kappa shape index (κ3) is 3.58. The van der Waals surface area contributed by atoms with Gasteiger partial charge in [0.15, 0.2) is 5.82 Å².